The van der Waals surface area contributed by atoms with E-state index in [2.05, 4.69) is 10.6 Å². The molecule has 0 aromatic heterocycles. The van der Waals surface area contributed by atoms with Crippen LogP contribution in [0.4, 0.5) is 0 Å². The van der Waals surface area contributed by atoms with Gasteiger partial charge in [0.05, 0.1) is 12.6 Å². The molecule has 0 radical (unpaired) electrons. The van der Waals surface area contributed by atoms with Crippen molar-refractivity contribution in [2.75, 3.05) is 32.8 Å². The zero-order chi connectivity index (χ0) is 15.1. The average Bonchev–Trinajstić information content (AvgIpc) is 2.53. The summed E-state index contributed by atoms with van der Waals surface area (Å²) in [4.78, 5) is 26.0. The van der Waals surface area contributed by atoms with Gasteiger partial charge in [0.2, 0.25) is 11.8 Å². The van der Waals surface area contributed by atoms with E-state index < -0.39 is 0 Å². The molecular formula is C15H27N3O3. The highest BCUT2D eigenvalue weighted by Crippen LogP contribution is 2.10. The molecule has 0 spiro atoms. The van der Waals surface area contributed by atoms with Gasteiger partial charge >= 0.3 is 0 Å². The first-order valence-corrected chi connectivity index (χ1v) is 8.06. The summed E-state index contributed by atoms with van der Waals surface area (Å²) in [6.45, 7) is 5.14. The Labute approximate surface area is 126 Å². The van der Waals surface area contributed by atoms with Crippen LogP contribution in [0, 0.1) is 0 Å². The van der Waals surface area contributed by atoms with E-state index in [1.165, 1.54) is 6.42 Å². The number of amides is 2. The number of nitrogens with zero attached hydrogens (tertiary/aromatic N) is 1. The van der Waals surface area contributed by atoms with Gasteiger partial charge in [-0.25, -0.2) is 0 Å². The van der Waals surface area contributed by atoms with Crippen LogP contribution in [0.1, 0.15) is 39.0 Å². The highest BCUT2D eigenvalue weighted by molar-refractivity contribution is 5.83. The Morgan fingerprint density at radius 3 is 2.52 bits per heavy atom. The van der Waals surface area contributed by atoms with Crippen LogP contribution in [-0.4, -0.2) is 61.6 Å². The molecule has 0 bridgehead atoms. The van der Waals surface area contributed by atoms with Gasteiger partial charge in [-0.15, -0.1) is 0 Å². The third-order valence-corrected chi connectivity index (χ3v) is 4.19. The predicted octanol–water partition coefficient (Wildman–Crippen LogP) is 0.272. The fourth-order valence-corrected chi connectivity index (χ4v) is 2.84. The molecule has 2 aliphatic rings. The monoisotopic (exact) mass is 297 g/mol. The quantitative estimate of drug-likeness (QED) is 0.764. The second-order valence-electron chi connectivity index (χ2n) is 5.94. The summed E-state index contributed by atoms with van der Waals surface area (Å²) in [5.74, 6) is 0.0637. The number of likely N-dealkylation sites (tertiary alicyclic amines) is 1. The van der Waals surface area contributed by atoms with Crippen LogP contribution in [0.3, 0.4) is 0 Å². The van der Waals surface area contributed by atoms with Crippen molar-refractivity contribution < 1.29 is 14.3 Å². The molecule has 2 N–H and O–H groups in total. The van der Waals surface area contributed by atoms with Gasteiger partial charge < -0.3 is 15.0 Å². The SMILES string of the molecule is CC(NCC(=O)NC1CCOCC1)C(=O)N1CCCCC1. The van der Waals surface area contributed by atoms with E-state index in [-0.39, 0.29) is 30.4 Å². The fourth-order valence-electron chi connectivity index (χ4n) is 2.84. The zero-order valence-corrected chi connectivity index (χ0v) is 12.9. The van der Waals surface area contributed by atoms with Crippen LogP contribution >= 0.6 is 0 Å². The highest BCUT2D eigenvalue weighted by atomic mass is 16.5. The maximum atomic E-state index is 12.2. The lowest BCUT2D eigenvalue weighted by Crippen LogP contribution is -2.50. The van der Waals surface area contributed by atoms with E-state index in [1.807, 2.05) is 11.8 Å². The average molecular weight is 297 g/mol. The Hall–Kier alpha value is -1.14. The van der Waals surface area contributed by atoms with E-state index in [9.17, 15) is 9.59 Å². The second-order valence-corrected chi connectivity index (χ2v) is 5.94. The number of carbonyl (C=O) groups excluding carboxylic acids is 2. The minimum absolute atomic E-state index is 0.0415. The van der Waals surface area contributed by atoms with Gasteiger partial charge in [-0.05, 0) is 39.0 Å². The maximum absolute atomic E-state index is 12.2. The van der Waals surface area contributed by atoms with Crippen LogP contribution in [0.5, 0.6) is 0 Å². The van der Waals surface area contributed by atoms with Gasteiger partial charge in [0.15, 0.2) is 0 Å². The third kappa shape index (κ3) is 5.28. The van der Waals surface area contributed by atoms with Gasteiger partial charge in [0.25, 0.3) is 0 Å². The van der Waals surface area contributed by atoms with Gasteiger partial charge in [0.1, 0.15) is 0 Å². The summed E-state index contributed by atoms with van der Waals surface area (Å²) in [5, 5.41) is 6.02. The molecular weight excluding hydrogens is 270 g/mol. The number of carbonyl (C=O) groups is 2. The fraction of sp³-hybridized carbons (Fsp3) is 0.867. The first kappa shape index (κ1) is 16.2. The smallest absolute Gasteiger partial charge is 0.239 e. The number of nitrogens with one attached hydrogen (secondary N) is 2. The van der Waals surface area contributed by atoms with E-state index in [0.29, 0.717) is 13.2 Å². The van der Waals surface area contributed by atoms with Crippen LogP contribution in [0.15, 0.2) is 0 Å². The summed E-state index contributed by atoms with van der Waals surface area (Å²) >= 11 is 0. The van der Waals surface area contributed by atoms with Crippen molar-refractivity contribution in [1.29, 1.82) is 0 Å². The van der Waals surface area contributed by atoms with E-state index in [1.54, 1.807) is 0 Å². The first-order chi connectivity index (χ1) is 10.2. The van der Waals surface area contributed by atoms with Crippen molar-refractivity contribution in [3.8, 4) is 0 Å². The third-order valence-electron chi connectivity index (χ3n) is 4.19. The van der Waals surface area contributed by atoms with Crippen molar-refractivity contribution in [3.63, 3.8) is 0 Å². The molecule has 2 saturated heterocycles. The molecule has 1 unspecified atom stereocenters. The van der Waals surface area contributed by atoms with Crippen LogP contribution < -0.4 is 10.6 Å². The second kappa shape index (κ2) is 8.34. The summed E-state index contributed by atoms with van der Waals surface area (Å²) in [7, 11) is 0. The van der Waals surface area contributed by atoms with Gasteiger partial charge in [0, 0.05) is 32.3 Å². The van der Waals surface area contributed by atoms with Crippen LogP contribution in [-0.2, 0) is 14.3 Å². The molecule has 0 aliphatic carbocycles. The Morgan fingerprint density at radius 1 is 1.19 bits per heavy atom. The Kier molecular flexibility index (Phi) is 6.45. The molecule has 1 atom stereocenters. The molecule has 2 fully saturated rings. The van der Waals surface area contributed by atoms with Gasteiger partial charge in [-0.1, -0.05) is 0 Å². The first-order valence-electron chi connectivity index (χ1n) is 8.06. The minimum atomic E-state index is -0.302. The van der Waals surface area contributed by atoms with Crippen molar-refractivity contribution in [2.24, 2.45) is 0 Å². The molecule has 6 nitrogen and oxygen atoms in total. The normalized spacial score (nSPS) is 21.9. The summed E-state index contributed by atoms with van der Waals surface area (Å²) in [6, 6.07) is -0.0929. The standard InChI is InChI=1S/C15H27N3O3/c1-12(15(20)18-7-3-2-4-8-18)16-11-14(19)17-13-5-9-21-10-6-13/h12-13,16H,2-11H2,1H3,(H,17,19). The molecule has 2 aliphatic heterocycles. The number of hydrogen-bond donors (Lipinski definition) is 2. The van der Waals surface area contributed by atoms with Gasteiger partial charge in [-0.2, -0.15) is 0 Å². The Balaban J connectivity index is 1.66. The predicted molar refractivity (Wildman–Crippen MR) is 79.9 cm³/mol. The van der Waals surface area contributed by atoms with E-state index in [0.717, 1.165) is 38.8 Å². The zero-order valence-electron chi connectivity index (χ0n) is 12.9. The molecule has 2 heterocycles. The Morgan fingerprint density at radius 2 is 1.86 bits per heavy atom. The maximum Gasteiger partial charge on any atom is 0.239 e. The molecule has 21 heavy (non-hydrogen) atoms. The molecule has 6 heteroatoms. The number of piperidine rings is 1. The lowest BCUT2D eigenvalue weighted by atomic mass is 10.1. The van der Waals surface area contributed by atoms with Gasteiger partial charge in [-0.3, -0.25) is 14.9 Å². The molecule has 120 valence electrons. The van der Waals surface area contributed by atoms with Crippen LogP contribution in [0.2, 0.25) is 0 Å². The lowest BCUT2D eigenvalue weighted by molar-refractivity contribution is -0.134. The van der Waals surface area contributed by atoms with E-state index >= 15 is 0 Å². The molecule has 2 rings (SSSR count). The number of hydrogen-bond acceptors (Lipinski definition) is 4. The summed E-state index contributed by atoms with van der Waals surface area (Å²) in [6.07, 6.45) is 5.12. The topological polar surface area (TPSA) is 70.7 Å². The Bertz CT molecular complexity index is 350. The number of ether oxygens (including phenoxy) is 1. The van der Waals surface area contributed by atoms with Crippen molar-refractivity contribution in [2.45, 2.75) is 51.1 Å². The van der Waals surface area contributed by atoms with Crippen molar-refractivity contribution in [1.82, 2.24) is 15.5 Å². The summed E-state index contributed by atoms with van der Waals surface area (Å²) < 4.78 is 5.26. The molecule has 0 aromatic carbocycles. The number of rotatable bonds is 5. The summed E-state index contributed by atoms with van der Waals surface area (Å²) in [5.41, 5.74) is 0. The van der Waals surface area contributed by atoms with Crippen molar-refractivity contribution >= 4 is 11.8 Å². The molecule has 2 amide bonds. The molecule has 0 aromatic rings. The highest BCUT2D eigenvalue weighted by Gasteiger charge is 2.22. The largest absolute Gasteiger partial charge is 0.381 e. The molecule has 0 saturated carbocycles. The van der Waals surface area contributed by atoms with E-state index in [4.69, 9.17) is 4.74 Å². The lowest BCUT2D eigenvalue weighted by Gasteiger charge is -2.29. The van der Waals surface area contributed by atoms with Crippen LogP contribution in [0.25, 0.3) is 0 Å². The minimum Gasteiger partial charge on any atom is -0.381 e. The van der Waals surface area contributed by atoms with Crippen molar-refractivity contribution in [3.05, 3.63) is 0 Å².